The second-order valence-corrected chi connectivity index (χ2v) is 5.98. The molecule has 0 amide bonds. The van der Waals surface area contributed by atoms with Gasteiger partial charge in [0, 0.05) is 25.1 Å². The molecule has 0 saturated carbocycles. The quantitative estimate of drug-likeness (QED) is 0.832. The lowest BCUT2D eigenvalue weighted by Crippen LogP contribution is -2.22. The van der Waals surface area contributed by atoms with E-state index in [0.29, 0.717) is 12.5 Å². The van der Waals surface area contributed by atoms with Crippen molar-refractivity contribution in [3.8, 4) is 5.88 Å². The van der Waals surface area contributed by atoms with Gasteiger partial charge in [0.15, 0.2) is 0 Å². The Bertz CT molecular complexity index is 416. The zero-order valence-electron chi connectivity index (χ0n) is 13.5. The summed E-state index contributed by atoms with van der Waals surface area (Å²) in [6.45, 7) is 11.8. The van der Waals surface area contributed by atoms with Gasteiger partial charge in [0.05, 0.1) is 6.61 Å². The summed E-state index contributed by atoms with van der Waals surface area (Å²) in [5.74, 6) is 2.18. The highest BCUT2D eigenvalue weighted by Gasteiger charge is 2.20. The van der Waals surface area contributed by atoms with Crippen molar-refractivity contribution >= 4 is 5.82 Å². The molecule has 5 heteroatoms. The van der Waals surface area contributed by atoms with Crippen molar-refractivity contribution < 1.29 is 9.47 Å². The fourth-order valence-electron chi connectivity index (χ4n) is 1.64. The van der Waals surface area contributed by atoms with E-state index in [1.54, 1.807) is 7.11 Å². The molecule has 1 heterocycles. The standard InChI is InChI=1S/C15H27N3O2/c1-7-8-16-12-9-13(20-11(2)10-19-6)18-14(17-12)15(3,4)5/h9,11H,7-8,10H2,1-6H3,(H,16,17,18). The largest absolute Gasteiger partial charge is 0.472 e. The van der Waals surface area contributed by atoms with Gasteiger partial charge in [0.2, 0.25) is 5.88 Å². The molecule has 1 N–H and O–H groups in total. The van der Waals surface area contributed by atoms with Crippen LogP contribution in [0.3, 0.4) is 0 Å². The van der Waals surface area contributed by atoms with Crippen LogP contribution in [0.2, 0.25) is 0 Å². The Morgan fingerprint density at radius 1 is 1.30 bits per heavy atom. The molecule has 1 rings (SSSR count). The smallest absolute Gasteiger partial charge is 0.219 e. The number of methoxy groups -OCH3 is 1. The predicted octanol–water partition coefficient (Wildman–Crippen LogP) is 3.01. The Hall–Kier alpha value is -1.36. The third kappa shape index (κ3) is 5.33. The van der Waals surface area contributed by atoms with Crippen LogP contribution in [0.15, 0.2) is 6.07 Å². The van der Waals surface area contributed by atoms with Crippen LogP contribution in [0, 0.1) is 0 Å². The predicted molar refractivity (Wildman–Crippen MR) is 81.5 cm³/mol. The third-order valence-electron chi connectivity index (χ3n) is 2.65. The highest BCUT2D eigenvalue weighted by Crippen LogP contribution is 2.23. The van der Waals surface area contributed by atoms with Crippen molar-refractivity contribution in [2.24, 2.45) is 0 Å². The number of hydrogen-bond acceptors (Lipinski definition) is 5. The first-order chi connectivity index (χ1) is 9.36. The van der Waals surface area contributed by atoms with Crippen molar-refractivity contribution in [2.75, 3.05) is 25.6 Å². The lowest BCUT2D eigenvalue weighted by molar-refractivity contribution is 0.0886. The molecule has 114 valence electrons. The molecule has 0 fully saturated rings. The highest BCUT2D eigenvalue weighted by atomic mass is 16.5. The Morgan fingerprint density at radius 3 is 2.55 bits per heavy atom. The van der Waals surface area contributed by atoms with Gasteiger partial charge >= 0.3 is 0 Å². The zero-order valence-corrected chi connectivity index (χ0v) is 13.5. The van der Waals surface area contributed by atoms with Gasteiger partial charge in [-0.1, -0.05) is 27.7 Å². The van der Waals surface area contributed by atoms with Crippen LogP contribution in [0.1, 0.15) is 46.9 Å². The minimum Gasteiger partial charge on any atom is -0.472 e. The molecule has 0 bridgehead atoms. The molecule has 0 saturated heterocycles. The molecule has 1 unspecified atom stereocenters. The second kappa shape index (κ2) is 7.43. The molecule has 0 radical (unpaired) electrons. The maximum Gasteiger partial charge on any atom is 0.219 e. The van der Waals surface area contributed by atoms with Crippen molar-refractivity contribution in [1.29, 1.82) is 0 Å². The van der Waals surface area contributed by atoms with Gasteiger partial charge in [-0.3, -0.25) is 0 Å². The van der Waals surface area contributed by atoms with E-state index < -0.39 is 0 Å². The molecule has 0 aliphatic carbocycles. The van der Waals surface area contributed by atoms with Gasteiger partial charge in [0.1, 0.15) is 17.7 Å². The van der Waals surface area contributed by atoms with Crippen LogP contribution in [0.4, 0.5) is 5.82 Å². The Labute approximate surface area is 122 Å². The minimum atomic E-state index is -0.119. The lowest BCUT2D eigenvalue weighted by atomic mass is 9.96. The highest BCUT2D eigenvalue weighted by molar-refractivity contribution is 5.39. The second-order valence-electron chi connectivity index (χ2n) is 5.98. The third-order valence-corrected chi connectivity index (χ3v) is 2.65. The van der Waals surface area contributed by atoms with E-state index in [-0.39, 0.29) is 11.5 Å². The van der Waals surface area contributed by atoms with Crippen LogP contribution in [-0.4, -0.2) is 36.3 Å². The van der Waals surface area contributed by atoms with Crippen LogP contribution in [0.25, 0.3) is 0 Å². The summed E-state index contributed by atoms with van der Waals surface area (Å²) >= 11 is 0. The topological polar surface area (TPSA) is 56.3 Å². The van der Waals surface area contributed by atoms with Gasteiger partial charge in [-0.2, -0.15) is 4.98 Å². The van der Waals surface area contributed by atoms with Gasteiger partial charge in [0.25, 0.3) is 0 Å². The fourth-order valence-corrected chi connectivity index (χ4v) is 1.64. The first-order valence-corrected chi connectivity index (χ1v) is 7.15. The molecule has 0 aliphatic heterocycles. The van der Waals surface area contributed by atoms with Crippen molar-refractivity contribution in [3.05, 3.63) is 11.9 Å². The molecule has 0 spiro atoms. The maximum absolute atomic E-state index is 5.80. The average Bonchev–Trinajstić information content (AvgIpc) is 2.35. The van der Waals surface area contributed by atoms with E-state index >= 15 is 0 Å². The van der Waals surface area contributed by atoms with Crippen molar-refractivity contribution in [3.63, 3.8) is 0 Å². The number of anilines is 1. The molecular formula is C15H27N3O2. The SMILES string of the molecule is CCCNc1cc(OC(C)COC)nc(C(C)(C)C)n1. The number of aromatic nitrogens is 2. The molecule has 1 atom stereocenters. The first kappa shape index (κ1) is 16.7. The summed E-state index contributed by atoms with van der Waals surface area (Å²) in [5.41, 5.74) is -0.119. The summed E-state index contributed by atoms with van der Waals surface area (Å²) in [7, 11) is 1.66. The number of ether oxygens (including phenoxy) is 2. The Kier molecular flexibility index (Phi) is 6.20. The summed E-state index contributed by atoms with van der Waals surface area (Å²) in [4.78, 5) is 9.07. The molecule has 1 aromatic rings. The molecule has 20 heavy (non-hydrogen) atoms. The van der Waals surface area contributed by atoms with E-state index in [9.17, 15) is 0 Å². The lowest BCUT2D eigenvalue weighted by Gasteiger charge is -2.20. The molecule has 5 nitrogen and oxygen atoms in total. The normalized spacial score (nSPS) is 13.1. The minimum absolute atomic E-state index is 0.0401. The van der Waals surface area contributed by atoms with E-state index in [2.05, 4.69) is 43.0 Å². The Morgan fingerprint density at radius 2 is 2.00 bits per heavy atom. The van der Waals surface area contributed by atoms with E-state index in [0.717, 1.165) is 24.6 Å². The first-order valence-electron chi connectivity index (χ1n) is 7.15. The van der Waals surface area contributed by atoms with Crippen LogP contribution >= 0.6 is 0 Å². The fraction of sp³-hybridized carbons (Fsp3) is 0.733. The van der Waals surface area contributed by atoms with Gasteiger partial charge in [-0.15, -0.1) is 0 Å². The summed E-state index contributed by atoms with van der Waals surface area (Å²) in [5, 5.41) is 3.29. The van der Waals surface area contributed by atoms with E-state index in [1.165, 1.54) is 0 Å². The Balaban J connectivity index is 2.97. The number of nitrogens with zero attached hydrogens (tertiary/aromatic N) is 2. The van der Waals surface area contributed by atoms with Gasteiger partial charge in [-0.05, 0) is 13.3 Å². The molecule has 0 aromatic carbocycles. The monoisotopic (exact) mass is 281 g/mol. The van der Waals surface area contributed by atoms with E-state index in [1.807, 2.05) is 13.0 Å². The summed E-state index contributed by atoms with van der Waals surface area (Å²) in [6, 6.07) is 1.84. The van der Waals surface area contributed by atoms with E-state index in [4.69, 9.17) is 9.47 Å². The van der Waals surface area contributed by atoms with Gasteiger partial charge in [-0.25, -0.2) is 4.98 Å². The van der Waals surface area contributed by atoms with Crippen LogP contribution in [-0.2, 0) is 10.2 Å². The molecule has 0 aliphatic rings. The number of nitrogens with one attached hydrogen (secondary N) is 1. The van der Waals surface area contributed by atoms with Crippen molar-refractivity contribution in [2.45, 2.75) is 52.6 Å². The van der Waals surface area contributed by atoms with Crippen molar-refractivity contribution in [1.82, 2.24) is 9.97 Å². The summed E-state index contributed by atoms with van der Waals surface area (Å²) in [6.07, 6.45) is 1.01. The maximum atomic E-state index is 5.80. The molecule has 1 aromatic heterocycles. The molecular weight excluding hydrogens is 254 g/mol. The summed E-state index contributed by atoms with van der Waals surface area (Å²) < 4.78 is 10.9. The average molecular weight is 281 g/mol. The number of hydrogen-bond donors (Lipinski definition) is 1. The van der Waals surface area contributed by atoms with Crippen LogP contribution < -0.4 is 10.1 Å². The van der Waals surface area contributed by atoms with Gasteiger partial charge < -0.3 is 14.8 Å². The zero-order chi connectivity index (χ0) is 15.2. The number of rotatable bonds is 7. The van der Waals surface area contributed by atoms with Crippen LogP contribution in [0.5, 0.6) is 5.88 Å².